The minimum Gasteiger partial charge on any atom is -0.497 e. The number of halogens is 1. The Hall–Kier alpha value is -3.13. The van der Waals surface area contributed by atoms with Crippen molar-refractivity contribution in [3.8, 4) is 5.75 Å². The molecule has 1 aromatic heterocycles. The number of nitrogens with zero attached hydrogens (tertiary/aromatic N) is 2. The Labute approximate surface area is 201 Å². The van der Waals surface area contributed by atoms with Gasteiger partial charge in [-0.05, 0) is 47.0 Å². The molecule has 0 aliphatic rings. The number of para-hydroxylation sites is 1. The quantitative estimate of drug-likeness (QED) is 0.420. The van der Waals surface area contributed by atoms with Crippen molar-refractivity contribution in [2.24, 2.45) is 5.73 Å². The number of ether oxygens (including phenoxy) is 1. The molecule has 0 amide bonds. The molecule has 0 radical (unpaired) electrons. The average molecular weight is 486 g/mol. The van der Waals surface area contributed by atoms with Gasteiger partial charge in [-0.2, -0.15) is 0 Å². The summed E-state index contributed by atoms with van der Waals surface area (Å²) in [5.41, 5.74) is 8.71. The van der Waals surface area contributed by atoms with Gasteiger partial charge in [0.15, 0.2) is 0 Å². The summed E-state index contributed by atoms with van der Waals surface area (Å²) in [5, 5.41) is -0.933. The number of pyridine rings is 1. The number of methoxy groups -OCH3 is 1. The first-order chi connectivity index (χ1) is 15.5. The molecule has 1 atom stereocenters. The molecular formula is C25H28ClN3O3S. The van der Waals surface area contributed by atoms with Gasteiger partial charge in [-0.3, -0.25) is 9.29 Å². The highest BCUT2D eigenvalue weighted by Crippen LogP contribution is 2.33. The predicted molar refractivity (Wildman–Crippen MR) is 138 cm³/mol. The number of sulfonamides is 1. The summed E-state index contributed by atoms with van der Waals surface area (Å²) < 4.78 is 34.1. The highest BCUT2D eigenvalue weighted by atomic mass is 35.5. The molecule has 0 bridgehead atoms. The Morgan fingerprint density at radius 1 is 1.06 bits per heavy atom. The lowest BCUT2D eigenvalue weighted by Gasteiger charge is -2.29. The zero-order valence-corrected chi connectivity index (χ0v) is 20.0. The van der Waals surface area contributed by atoms with Crippen molar-refractivity contribution in [1.29, 1.82) is 0 Å². The van der Waals surface area contributed by atoms with E-state index < -0.39 is 15.3 Å². The van der Waals surface area contributed by atoms with Gasteiger partial charge in [0, 0.05) is 25.5 Å². The molecule has 1 heterocycles. The maximum Gasteiger partial charge on any atom is 0.245 e. The summed E-state index contributed by atoms with van der Waals surface area (Å²) in [7, 11) is -2.29. The van der Waals surface area contributed by atoms with Crippen LogP contribution >= 0.6 is 12.4 Å². The topological polar surface area (TPSA) is 85.5 Å². The lowest BCUT2D eigenvalue weighted by Crippen LogP contribution is -2.38. The van der Waals surface area contributed by atoms with Gasteiger partial charge < -0.3 is 10.5 Å². The van der Waals surface area contributed by atoms with Gasteiger partial charge in [-0.15, -0.1) is 19.0 Å². The van der Waals surface area contributed by atoms with E-state index in [1.807, 2.05) is 42.5 Å². The molecular weight excluding hydrogens is 458 g/mol. The minimum absolute atomic E-state index is 0. The molecule has 174 valence electrons. The molecule has 0 saturated heterocycles. The van der Waals surface area contributed by atoms with Gasteiger partial charge in [0.05, 0.1) is 12.8 Å². The fraction of sp³-hybridized carbons (Fsp3) is 0.160. The number of hydrogen-bond donors (Lipinski definition) is 1. The first-order valence-electron chi connectivity index (χ1n) is 10.2. The molecule has 33 heavy (non-hydrogen) atoms. The summed E-state index contributed by atoms with van der Waals surface area (Å²) in [5.74, 6) is 0.652. The Balaban J connectivity index is 0.00000385. The lowest BCUT2D eigenvalue weighted by molar-refractivity contribution is 0.414. The Morgan fingerprint density at radius 3 is 2.33 bits per heavy atom. The van der Waals surface area contributed by atoms with Crippen molar-refractivity contribution in [3.05, 3.63) is 102 Å². The monoisotopic (exact) mass is 485 g/mol. The molecule has 2 aromatic carbocycles. The molecule has 3 rings (SSSR count). The van der Waals surface area contributed by atoms with Crippen LogP contribution in [0.3, 0.4) is 0 Å². The summed E-state index contributed by atoms with van der Waals surface area (Å²) >= 11 is 0. The number of aromatic nitrogens is 1. The Kier molecular flexibility index (Phi) is 9.66. The zero-order chi connectivity index (χ0) is 23.0. The van der Waals surface area contributed by atoms with Gasteiger partial charge in [-0.1, -0.05) is 48.6 Å². The van der Waals surface area contributed by atoms with Crippen LogP contribution in [0, 0.1) is 0 Å². The van der Waals surface area contributed by atoms with Crippen LogP contribution in [0.1, 0.15) is 21.9 Å². The van der Waals surface area contributed by atoms with E-state index in [2.05, 4.69) is 11.6 Å². The van der Waals surface area contributed by atoms with Gasteiger partial charge in [0.1, 0.15) is 11.0 Å². The number of anilines is 1. The van der Waals surface area contributed by atoms with Gasteiger partial charge in [0.2, 0.25) is 10.0 Å². The van der Waals surface area contributed by atoms with E-state index in [-0.39, 0.29) is 25.5 Å². The second kappa shape index (κ2) is 12.2. The molecule has 2 N–H and O–H groups in total. The third-order valence-corrected chi connectivity index (χ3v) is 7.09. The summed E-state index contributed by atoms with van der Waals surface area (Å²) in [4.78, 5) is 4.02. The second-order valence-corrected chi connectivity index (χ2v) is 8.99. The molecule has 0 aliphatic heterocycles. The molecule has 6 nitrogen and oxygen atoms in total. The van der Waals surface area contributed by atoms with Crippen molar-refractivity contribution in [2.75, 3.05) is 24.5 Å². The lowest BCUT2D eigenvalue weighted by atomic mass is 10.1. The normalized spacial score (nSPS) is 12.1. The number of rotatable bonds is 10. The Bertz CT molecular complexity index is 1170. The SMILES string of the molecule is C=CC(c1ccc(OC)cc1)S(=O)(=O)N(CCN)c1ccccc1C=Cc1ccncc1.Cl. The zero-order valence-electron chi connectivity index (χ0n) is 18.4. The van der Waals surface area contributed by atoms with E-state index >= 15 is 0 Å². The number of benzene rings is 2. The average Bonchev–Trinajstić information content (AvgIpc) is 2.83. The summed E-state index contributed by atoms with van der Waals surface area (Å²) in [6, 6.07) is 18.1. The molecule has 0 spiro atoms. The molecule has 1 unspecified atom stereocenters. The predicted octanol–water partition coefficient (Wildman–Crippen LogP) is 4.70. The molecule has 3 aromatic rings. The van der Waals surface area contributed by atoms with Crippen LogP contribution in [-0.2, 0) is 10.0 Å². The van der Waals surface area contributed by atoms with Crippen molar-refractivity contribution in [1.82, 2.24) is 4.98 Å². The van der Waals surface area contributed by atoms with E-state index in [0.717, 1.165) is 11.1 Å². The van der Waals surface area contributed by atoms with Gasteiger partial charge in [0.25, 0.3) is 0 Å². The molecule has 0 fully saturated rings. The van der Waals surface area contributed by atoms with E-state index in [4.69, 9.17) is 10.5 Å². The van der Waals surface area contributed by atoms with Gasteiger partial charge >= 0.3 is 0 Å². The largest absolute Gasteiger partial charge is 0.497 e. The summed E-state index contributed by atoms with van der Waals surface area (Å²) in [6.45, 7) is 4.11. The Morgan fingerprint density at radius 2 is 1.73 bits per heavy atom. The third-order valence-electron chi connectivity index (χ3n) is 4.99. The van der Waals surface area contributed by atoms with Crippen molar-refractivity contribution < 1.29 is 13.2 Å². The standard InChI is InChI=1S/C25H27N3O3S.ClH/c1-3-25(22-10-12-23(31-2)13-11-22)32(29,30)28(19-16-26)24-7-5-4-6-21(24)9-8-20-14-17-27-18-15-20;/h3-15,17-18,25H,1,16,19,26H2,2H3;1H. The van der Waals surface area contributed by atoms with E-state index in [1.54, 1.807) is 49.8 Å². The first-order valence-corrected chi connectivity index (χ1v) is 11.7. The van der Waals surface area contributed by atoms with Crippen LogP contribution < -0.4 is 14.8 Å². The summed E-state index contributed by atoms with van der Waals surface area (Å²) in [6.07, 6.45) is 8.67. The molecule has 8 heteroatoms. The molecule has 0 saturated carbocycles. The fourth-order valence-electron chi connectivity index (χ4n) is 3.38. The fourth-order valence-corrected chi connectivity index (χ4v) is 5.20. The van der Waals surface area contributed by atoms with Crippen LogP contribution in [0.2, 0.25) is 0 Å². The van der Waals surface area contributed by atoms with Crippen LogP contribution in [0.15, 0.2) is 85.7 Å². The van der Waals surface area contributed by atoms with E-state index in [1.165, 1.54) is 10.4 Å². The third kappa shape index (κ3) is 6.22. The number of hydrogen-bond acceptors (Lipinski definition) is 5. The highest BCUT2D eigenvalue weighted by Gasteiger charge is 2.32. The second-order valence-electron chi connectivity index (χ2n) is 7.01. The van der Waals surface area contributed by atoms with E-state index in [9.17, 15) is 8.42 Å². The maximum absolute atomic E-state index is 13.8. The maximum atomic E-state index is 13.8. The smallest absolute Gasteiger partial charge is 0.245 e. The van der Waals surface area contributed by atoms with Crippen LogP contribution in [0.5, 0.6) is 5.75 Å². The van der Waals surface area contributed by atoms with E-state index in [0.29, 0.717) is 17.0 Å². The first kappa shape index (κ1) is 26.1. The van der Waals surface area contributed by atoms with Crippen LogP contribution in [0.4, 0.5) is 5.69 Å². The minimum atomic E-state index is -3.86. The van der Waals surface area contributed by atoms with Crippen molar-refractivity contribution in [3.63, 3.8) is 0 Å². The van der Waals surface area contributed by atoms with Crippen molar-refractivity contribution >= 4 is 40.3 Å². The van der Waals surface area contributed by atoms with Crippen LogP contribution in [-0.4, -0.2) is 33.6 Å². The van der Waals surface area contributed by atoms with Crippen LogP contribution in [0.25, 0.3) is 12.2 Å². The molecule has 0 aliphatic carbocycles. The van der Waals surface area contributed by atoms with Crippen molar-refractivity contribution in [2.45, 2.75) is 5.25 Å². The highest BCUT2D eigenvalue weighted by molar-refractivity contribution is 7.93. The number of nitrogens with two attached hydrogens (primary N) is 1. The van der Waals surface area contributed by atoms with Gasteiger partial charge in [-0.25, -0.2) is 8.42 Å².